The summed E-state index contributed by atoms with van der Waals surface area (Å²) in [5.74, 6) is -0.188. The first-order chi connectivity index (χ1) is 11.2. The van der Waals surface area contributed by atoms with Crippen LogP contribution in [0.2, 0.25) is 0 Å². The Morgan fingerprint density at radius 1 is 1.30 bits per heavy atom. The Bertz CT molecular complexity index is 810. The number of hydrogen-bond donors (Lipinski definition) is 1. The zero-order valence-corrected chi connectivity index (χ0v) is 14.2. The van der Waals surface area contributed by atoms with E-state index in [0.717, 1.165) is 11.3 Å². The average Bonchev–Trinajstić information content (AvgIpc) is 3.16. The average molecular weight is 374 g/mol. The minimum Gasteiger partial charge on any atom is -0.321 e. The van der Waals surface area contributed by atoms with Gasteiger partial charge in [-0.1, -0.05) is 12.1 Å². The predicted molar refractivity (Wildman–Crippen MR) is 91.3 cm³/mol. The van der Waals surface area contributed by atoms with E-state index in [1.54, 1.807) is 17.1 Å². The van der Waals surface area contributed by atoms with Crippen LogP contribution in [0.5, 0.6) is 0 Å². The van der Waals surface area contributed by atoms with Gasteiger partial charge in [0.15, 0.2) is 0 Å². The maximum atomic E-state index is 12.5. The van der Waals surface area contributed by atoms with Gasteiger partial charge in [-0.25, -0.2) is 0 Å². The van der Waals surface area contributed by atoms with Gasteiger partial charge in [-0.3, -0.25) is 14.2 Å². The lowest BCUT2D eigenvalue weighted by Gasteiger charge is -2.09. The second kappa shape index (κ2) is 6.78. The van der Waals surface area contributed by atoms with Crippen molar-refractivity contribution in [2.75, 3.05) is 5.32 Å². The fourth-order valence-corrected chi connectivity index (χ4v) is 2.82. The topological polar surface area (TPSA) is 64.7 Å². The van der Waals surface area contributed by atoms with Gasteiger partial charge in [0.05, 0.1) is 17.2 Å². The molecule has 0 aliphatic rings. The number of carbonyl (C=O) groups is 1. The van der Waals surface area contributed by atoms with Crippen LogP contribution in [-0.2, 0) is 13.1 Å². The van der Waals surface area contributed by atoms with E-state index in [9.17, 15) is 4.79 Å². The van der Waals surface area contributed by atoms with Crippen LogP contribution < -0.4 is 5.32 Å². The number of carbonyl (C=O) groups excluding carboxylic acids is 1. The maximum Gasteiger partial charge on any atom is 0.275 e. The molecule has 1 aromatic carbocycles. The lowest BCUT2D eigenvalue weighted by Crippen LogP contribution is -2.18. The van der Waals surface area contributed by atoms with Crippen molar-refractivity contribution >= 4 is 27.5 Å². The van der Waals surface area contributed by atoms with Crippen LogP contribution in [0.1, 0.15) is 23.0 Å². The van der Waals surface area contributed by atoms with Gasteiger partial charge in [-0.05, 0) is 46.6 Å². The fraction of sp³-hybridized carbons (Fsp3) is 0.188. The Hall–Kier alpha value is -2.41. The Morgan fingerprint density at radius 2 is 2.17 bits per heavy atom. The summed E-state index contributed by atoms with van der Waals surface area (Å²) < 4.78 is 4.18. The molecule has 7 heteroatoms. The first-order valence-electron chi connectivity index (χ1n) is 7.26. The smallest absolute Gasteiger partial charge is 0.275 e. The molecule has 0 saturated carbocycles. The third kappa shape index (κ3) is 3.50. The molecule has 0 aliphatic carbocycles. The van der Waals surface area contributed by atoms with E-state index in [2.05, 4.69) is 31.4 Å². The fourth-order valence-electron chi connectivity index (χ4n) is 2.35. The number of amides is 1. The highest BCUT2D eigenvalue weighted by molar-refractivity contribution is 9.10. The summed E-state index contributed by atoms with van der Waals surface area (Å²) in [4.78, 5) is 12.5. The molecule has 0 atom stereocenters. The number of aryl methyl sites for hydroxylation is 1. The molecule has 1 N–H and O–H groups in total. The molecule has 2 aromatic heterocycles. The number of nitrogens with zero attached hydrogens (tertiary/aromatic N) is 4. The van der Waals surface area contributed by atoms with Crippen LogP contribution in [0.15, 0.2) is 53.4 Å². The molecule has 3 aromatic rings. The van der Waals surface area contributed by atoms with Gasteiger partial charge < -0.3 is 5.32 Å². The second-order valence-corrected chi connectivity index (χ2v) is 5.87. The summed E-state index contributed by atoms with van der Waals surface area (Å²) in [6.07, 6.45) is 5.28. The predicted octanol–water partition coefficient (Wildman–Crippen LogP) is 3.16. The van der Waals surface area contributed by atoms with Crippen LogP contribution in [0, 0.1) is 0 Å². The number of aromatic nitrogens is 4. The molecular weight excluding hydrogens is 358 g/mol. The van der Waals surface area contributed by atoms with E-state index in [1.807, 2.05) is 48.1 Å². The van der Waals surface area contributed by atoms with E-state index in [1.165, 1.54) is 0 Å². The van der Waals surface area contributed by atoms with Crippen molar-refractivity contribution in [2.24, 2.45) is 0 Å². The van der Waals surface area contributed by atoms with Crippen molar-refractivity contribution in [3.8, 4) is 0 Å². The summed E-state index contributed by atoms with van der Waals surface area (Å²) >= 11 is 3.37. The molecular formula is C16H16BrN5O. The van der Waals surface area contributed by atoms with Crippen LogP contribution in [-0.4, -0.2) is 25.5 Å². The number of hydrogen-bond acceptors (Lipinski definition) is 3. The van der Waals surface area contributed by atoms with Gasteiger partial charge in [0, 0.05) is 24.6 Å². The van der Waals surface area contributed by atoms with Crippen LogP contribution in [0.25, 0.3) is 0 Å². The summed E-state index contributed by atoms with van der Waals surface area (Å²) in [6.45, 7) is 3.24. The van der Waals surface area contributed by atoms with E-state index in [0.29, 0.717) is 23.3 Å². The van der Waals surface area contributed by atoms with E-state index in [-0.39, 0.29) is 5.91 Å². The van der Waals surface area contributed by atoms with Crippen molar-refractivity contribution < 1.29 is 4.79 Å². The minimum absolute atomic E-state index is 0.188. The normalized spacial score (nSPS) is 10.7. The van der Waals surface area contributed by atoms with Crippen molar-refractivity contribution in [2.45, 2.75) is 20.0 Å². The van der Waals surface area contributed by atoms with Gasteiger partial charge in [0.2, 0.25) is 0 Å². The summed E-state index contributed by atoms with van der Waals surface area (Å²) in [7, 11) is 0. The van der Waals surface area contributed by atoms with E-state index < -0.39 is 0 Å². The molecule has 0 bridgehead atoms. The lowest BCUT2D eigenvalue weighted by atomic mass is 10.2. The SMILES string of the molecule is CCn1ncc(Br)c1C(=O)Nc1cccc(Cn2cccn2)c1. The number of anilines is 1. The van der Waals surface area contributed by atoms with Crippen molar-refractivity contribution in [3.63, 3.8) is 0 Å². The first-order valence-corrected chi connectivity index (χ1v) is 8.05. The van der Waals surface area contributed by atoms with Gasteiger partial charge in [-0.15, -0.1) is 0 Å². The summed E-state index contributed by atoms with van der Waals surface area (Å²) in [6, 6.07) is 9.62. The van der Waals surface area contributed by atoms with Crippen LogP contribution in [0.4, 0.5) is 5.69 Å². The Kier molecular flexibility index (Phi) is 4.57. The largest absolute Gasteiger partial charge is 0.321 e. The molecule has 6 nitrogen and oxygen atoms in total. The molecule has 3 rings (SSSR count). The highest BCUT2D eigenvalue weighted by Crippen LogP contribution is 2.19. The number of rotatable bonds is 5. The molecule has 0 spiro atoms. The summed E-state index contributed by atoms with van der Waals surface area (Å²) in [5, 5.41) is 11.3. The highest BCUT2D eigenvalue weighted by Gasteiger charge is 2.16. The molecule has 0 saturated heterocycles. The third-order valence-electron chi connectivity index (χ3n) is 3.40. The van der Waals surface area contributed by atoms with Crippen molar-refractivity contribution in [3.05, 3.63) is 64.7 Å². The van der Waals surface area contributed by atoms with E-state index >= 15 is 0 Å². The number of halogens is 1. The molecule has 118 valence electrons. The van der Waals surface area contributed by atoms with Gasteiger partial charge in [0.1, 0.15) is 5.69 Å². The molecule has 23 heavy (non-hydrogen) atoms. The minimum atomic E-state index is -0.188. The summed E-state index contributed by atoms with van der Waals surface area (Å²) in [5.41, 5.74) is 2.33. The molecule has 0 unspecified atom stereocenters. The standard InChI is InChI=1S/C16H16BrN5O/c1-2-22-15(14(17)10-19-22)16(23)20-13-6-3-5-12(9-13)11-21-8-4-7-18-21/h3-10H,2,11H2,1H3,(H,20,23). The molecule has 0 radical (unpaired) electrons. The molecule has 0 fully saturated rings. The Morgan fingerprint density at radius 3 is 2.91 bits per heavy atom. The maximum absolute atomic E-state index is 12.5. The van der Waals surface area contributed by atoms with E-state index in [4.69, 9.17) is 0 Å². The zero-order valence-electron chi connectivity index (χ0n) is 12.6. The second-order valence-electron chi connectivity index (χ2n) is 5.02. The van der Waals surface area contributed by atoms with Gasteiger partial charge in [0.25, 0.3) is 5.91 Å². The highest BCUT2D eigenvalue weighted by atomic mass is 79.9. The lowest BCUT2D eigenvalue weighted by molar-refractivity contribution is 0.101. The molecule has 0 aliphatic heterocycles. The molecule has 1 amide bonds. The number of nitrogens with one attached hydrogen (secondary N) is 1. The van der Waals surface area contributed by atoms with Gasteiger partial charge >= 0.3 is 0 Å². The van der Waals surface area contributed by atoms with Crippen molar-refractivity contribution in [1.82, 2.24) is 19.6 Å². The van der Waals surface area contributed by atoms with Crippen molar-refractivity contribution in [1.29, 1.82) is 0 Å². The van der Waals surface area contributed by atoms with Crippen LogP contribution >= 0.6 is 15.9 Å². The quantitative estimate of drug-likeness (QED) is 0.746. The van der Waals surface area contributed by atoms with Crippen LogP contribution in [0.3, 0.4) is 0 Å². The van der Waals surface area contributed by atoms with Gasteiger partial charge in [-0.2, -0.15) is 10.2 Å². The monoisotopic (exact) mass is 373 g/mol. The zero-order chi connectivity index (χ0) is 16.2. The first kappa shape index (κ1) is 15.5. The Balaban J connectivity index is 1.77. The Labute approximate surface area is 142 Å². The molecule has 2 heterocycles. The number of benzene rings is 1. The third-order valence-corrected chi connectivity index (χ3v) is 3.98.